The van der Waals surface area contributed by atoms with E-state index in [1.54, 1.807) is 43.5 Å². The second-order valence-electron chi connectivity index (χ2n) is 8.80. The van der Waals surface area contributed by atoms with E-state index in [-0.39, 0.29) is 22.8 Å². The van der Waals surface area contributed by atoms with Crippen LogP contribution in [0.15, 0.2) is 87.1 Å². The average molecular weight is 482 g/mol. The number of rotatable bonds is 5. The zero-order valence-electron chi connectivity index (χ0n) is 20.1. The summed E-state index contributed by atoms with van der Waals surface area (Å²) < 4.78 is 20.9. The Bertz CT molecular complexity index is 1700. The maximum absolute atomic E-state index is 14.6. The van der Waals surface area contributed by atoms with E-state index >= 15 is 0 Å². The molecule has 0 saturated heterocycles. The number of aryl methyl sites for hydroxylation is 1. The van der Waals surface area contributed by atoms with Crippen molar-refractivity contribution >= 4 is 16.7 Å². The van der Waals surface area contributed by atoms with Crippen LogP contribution in [0.5, 0.6) is 0 Å². The molecule has 0 bridgehead atoms. The van der Waals surface area contributed by atoms with Crippen molar-refractivity contribution in [3.05, 3.63) is 116 Å². The quantitative estimate of drug-likeness (QED) is 0.315. The predicted octanol–water partition coefficient (Wildman–Crippen LogP) is 6.14. The van der Waals surface area contributed by atoms with Crippen LogP contribution >= 0.6 is 0 Å². The minimum atomic E-state index is -0.361. The summed E-state index contributed by atoms with van der Waals surface area (Å²) in [6.07, 6.45) is 3.16. The lowest BCUT2D eigenvalue weighted by Crippen LogP contribution is -2.13. The molecule has 0 fully saturated rings. The Labute approximate surface area is 206 Å². The van der Waals surface area contributed by atoms with Crippen LogP contribution in [0.25, 0.3) is 33.6 Å². The van der Waals surface area contributed by atoms with Crippen LogP contribution in [0.2, 0.25) is 0 Å². The molecule has 0 amide bonds. The summed E-state index contributed by atoms with van der Waals surface area (Å²) in [6.45, 7) is 5.59. The van der Waals surface area contributed by atoms with Crippen LogP contribution in [0.1, 0.15) is 29.7 Å². The Morgan fingerprint density at radius 2 is 1.83 bits per heavy atom. The molecule has 5 aromatic rings. The van der Waals surface area contributed by atoms with E-state index in [1.807, 2.05) is 32.0 Å². The van der Waals surface area contributed by atoms with Crippen molar-refractivity contribution in [2.45, 2.75) is 26.8 Å². The number of hydrogen-bond acceptors (Lipinski definition) is 5. The van der Waals surface area contributed by atoms with Crippen molar-refractivity contribution in [3.8, 4) is 22.6 Å². The van der Waals surface area contributed by atoms with Crippen LogP contribution in [0.3, 0.4) is 0 Å². The summed E-state index contributed by atoms with van der Waals surface area (Å²) in [6, 6.07) is 16.6. The second-order valence-corrected chi connectivity index (χ2v) is 8.80. The van der Waals surface area contributed by atoms with Gasteiger partial charge in [0, 0.05) is 40.7 Å². The number of pyridine rings is 2. The molecule has 180 valence electrons. The molecule has 0 aliphatic heterocycles. The lowest BCUT2D eigenvalue weighted by Gasteiger charge is -2.20. The Balaban J connectivity index is 1.64. The molecule has 3 heterocycles. The Hall–Kier alpha value is -4.52. The monoisotopic (exact) mass is 481 g/mol. The first-order valence-corrected chi connectivity index (χ1v) is 11.6. The third-order valence-corrected chi connectivity index (χ3v) is 6.21. The van der Waals surface area contributed by atoms with Gasteiger partial charge in [0.1, 0.15) is 17.2 Å². The first-order valence-electron chi connectivity index (χ1n) is 11.6. The minimum Gasteiger partial charge on any atom is -0.455 e. The van der Waals surface area contributed by atoms with Gasteiger partial charge in [-0.1, -0.05) is 18.2 Å². The fraction of sp³-hybridized carbons (Fsp3) is 0.138. The molecule has 0 spiro atoms. The minimum absolute atomic E-state index is 0.136. The Morgan fingerprint density at radius 1 is 1.03 bits per heavy atom. The standard InChI is InChI=1S/C29H24FN3O3/c1-16-13-21(18(3)33-24-9-6-12-31-26(24)20-7-4-5-8-23(20)30)29-22(14-16)27(35)17(2)28(36-29)19-10-11-25(34)32-15-19/h4-15,18,33H,1-3H3,(H,32,34)/t18-/m1/s1. The zero-order chi connectivity index (χ0) is 25.4. The summed E-state index contributed by atoms with van der Waals surface area (Å²) in [5, 5.41) is 3.91. The van der Waals surface area contributed by atoms with Gasteiger partial charge in [-0.15, -0.1) is 0 Å². The van der Waals surface area contributed by atoms with Crippen molar-refractivity contribution in [3.63, 3.8) is 0 Å². The summed E-state index contributed by atoms with van der Waals surface area (Å²) in [5.74, 6) is 0.0365. The number of nitrogens with one attached hydrogen (secondary N) is 2. The lowest BCUT2D eigenvalue weighted by molar-refractivity contribution is 0.605. The van der Waals surface area contributed by atoms with Crippen molar-refractivity contribution in [1.29, 1.82) is 0 Å². The normalized spacial score (nSPS) is 12.0. The molecule has 0 aliphatic rings. The van der Waals surface area contributed by atoms with Gasteiger partial charge >= 0.3 is 0 Å². The smallest absolute Gasteiger partial charge is 0.247 e. The molecular weight excluding hydrogens is 457 g/mol. The van der Waals surface area contributed by atoms with Crippen LogP contribution < -0.4 is 16.3 Å². The Morgan fingerprint density at radius 3 is 2.58 bits per heavy atom. The molecule has 3 aromatic heterocycles. The van der Waals surface area contributed by atoms with E-state index in [4.69, 9.17) is 4.42 Å². The van der Waals surface area contributed by atoms with E-state index in [0.717, 1.165) is 11.1 Å². The van der Waals surface area contributed by atoms with Crippen LogP contribution in [-0.2, 0) is 0 Å². The number of nitrogens with zero attached hydrogens (tertiary/aromatic N) is 1. The molecule has 0 radical (unpaired) electrons. The number of hydrogen-bond donors (Lipinski definition) is 2. The van der Waals surface area contributed by atoms with Gasteiger partial charge in [-0.05, 0) is 62.7 Å². The SMILES string of the molecule is Cc1cc([C@@H](C)Nc2cccnc2-c2ccccc2F)c2oc(-c3ccc(=O)[nH]c3)c(C)c(=O)c2c1. The maximum atomic E-state index is 14.6. The summed E-state index contributed by atoms with van der Waals surface area (Å²) in [7, 11) is 0. The lowest BCUT2D eigenvalue weighted by atomic mass is 9.98. The molecule has 0 unspecified atom stereocenters. The van der Waals surface area contributed by atoms with Gasteiger partial charge in [-0.3, -0.25) is 14.6 Å². The summed E-state index contributed by atoms with van der Waals surface area (Å²) in [4.78, 5) is 31.9. The van der Waals surface area contributed by atoms with E-state index in [0.29, 0.717) is 44.8 Å². The number of aromatic nitrogens is 2. The van der Waals surface area contributed by atoms with E-state index in [1.165, 1.54) is 18.3 Å². The highest BCUT2D eigenvalue weighted by Gasteiger charge is 2.20. The molecule has 1 atom stereocenters. The third-order valence-electron chi connectivity index (χ3n) is 6.21. The van der Waals surface area contributed by atoms with Gasteiger partial charge in [0.2, 0.25) is 5.56 Å². The van der Waals surface area contributed by atoms with Crippen molar-refractivity contribution in [2.24, 2.45) is 0 Å². The van der Waals surface area contributed by atoms with Crippen molar-refractivity contribution in [1.82, 2.24) is 9.97 Å². The molecule has 6 nitrogen and oxygen atoms in total. The molecular formula is C29H24FN3O3. The van der Waals surface area contributed by atoms with Crippen LogP contribution in [-0.4, -0.2) is 9.97 Å². The molecule has 2 N–H and O–H groups in total. The Kier molecular flexibility index (Phi) is 5.98. The highest BCUT2D eigenvalue weighted by atomic mass is 19.1. The van der Waals surface area contributed by atoms with Gasteiger partial charge in [-0.25, -0.2) is 4.39 Å². The van der Waals surface area contributed by atoms with Gasteiger partial charge < -0.3 is 14.7 Å². The first-order chi connectivity index (χ1) is 17.3. The average Bonchev–Trinajstić information content (AvgIpc) is 2.87. The number of aromatic amines is 1. The third kappa shape index (κ3) is 4.20. The van der Waals surface area contributed by atoms with Crippen LogP contribution in [0, 0.1) is 19.7 Å². The number of fused-ring (bicyclic) bond motifs is 1. The number of anilines is 1. The molecule has 0 aliphatic carbocycles. The summed E-state index contributed by atoms with van der Waals surface area (Å²) in [5.41, 5.74) is 4.36. The molecule has 36 heavy (non-hydrogen) atoms. The molecule has 7 heteroatoms. The van der Waals surface area contributed by atoms with E-state index in [2.05, 4.69) is 15.3 Å². The number of halogens is 1. The number of benzene rings is 2. The summed E-state index contributed by atoms with van der Waals surface area (Å²) >= 11 is 0. The second kappa shape index (κ2) is 9.26. The highest BCUT2D eigenvalue weighted by Crippen LogP contribution is 2.34. The van der Waals surface area contributed by atoms with E-state index in [9.17, 15) is 14.0 Å². The van der Waals surface area contributed by atoms with Gasteiger partial charge in [0.15, 0.2) is 5.43 Å². The fourth-order valence-corrected chi connectivity index (χ4v) is 4.42. The van der Waals surface area contributed by atoms with Crippen molar-refractivity contribution < 1.29 is 8.81 Å². The first kappa shape index (κ1) is 23.2. The topological polar surface area (TPSA) is 88.0 Å². The maximum Gasteiger partial charge on any atom is 0.247 e. The highest BCUT2D eigenvalue weighted by molar-refractivity contribution is 5.85. The fourth-order valence-electron chi connectivity index (χ4n) is 4.42. The van der Waals surface area contributed by atoms with Gasteiger partial charge in [0.05, 0.1) is 22.8 Å². The zero-order valence-corrected chi connectivity index (χ0v) is 20.1. The van der Waals surface area contributed by atoms with E-state index < -0.39 is 0 Å². The molecule has 5 rings (SSSR count). The largest absolute Gasteiger partial charge is 0.455 e. The van der Waals surface area contributed by atoms with Gasteiger partial charge in [0.25, 0.3) is 0 Å². The molecule has 0 saturated carbocycles. The molecule has 2 aromatic carbocycles. The van der Waals surface area contributed by atoms with Crippen LogP contribution in [0.4, 0.5) is 10.1 Å². The number of H-pyrrole nitrogens is 1. The van der Waals surface area contributed by atoms with Gasteiger partial charge in [-0.2, -0.15) is 0 Å². The van der Waals surface area contributed by atoms with Crippen molar-refractivity contribution in [2.75, 3.05) is 5.32 Å². The predicted molar refractivity (Wildman–Crippen MR) is 140 cm³/mol.